The van der Waals surface area contributed by atoms with Crippen LogP contribution in [0.15, 0.2) is 59.0 Å². The number of anilines is 1. The van der Waals surface area contributed by atoms with Gasteiger partial charge >= 0.3 is 0 Å². The van der Waals surface area contributed by atoms with Gasteiger partial charge in [-0.25, -0.2) is 0 Å². The van der Waals surface area contributed by atoms with E-state index in [9.17, 15) is 14.9 Å². The number of nitrogens with zero attached hydrogens (tertiary/aromatic N) is 1. The predicted molar refractivity (Wildman–Crippen MR) is 109 cm³/mol. The zero-order valence-corrected chi connectivity index (χ0v) is 16.0. The van der Waals surface area contributed by atoms with Gasteiger partial charge in [0, 0.05) is 12.1 Å². The fourth-order valence-corrected chi connectivity index (χ4v) is 3.08. The molecular weight excluding hydrogens is 380 g/mol. The summed E-state index contributed by atoms with van der Waals surface area (Å²) in [6.07, 6.45) is 2.81. The minimum atomic E-state index is -0.445. The molecular formula is C21H17ClN2O4. The van der Waals surface area contributed by atoms with Crippen molar-refractivity contribution in [2.24, 2.45) is 0 Å². The molecule has 0 saturated heterocycles. The maximum absolute atomic E-state index is 12.2. The summed E-state index contributed by atoms with van der Waals surface area (Å²) in [5, 5.41) is 14.5. The first-order valence-corrected chi connectivity index (χ1v) is 8.83. The number of carbonyl (C=O) groups excluding carboxylic acids is 1. The van der Waals surface area contributed by atoms with E-state index in [1.165, 1.54) is 18.2 Å². The van der Waals surface area contributed by atoms with Gasteiger partial charge in [0.2, 0.25) is 5.91 Å². The predicted octanol–water partition coefficient (Wildman–Crippen LogP) is 5.78. The number of halogens is 1. The van der Waals surface area contributed by atoms with E-state index >= 15 is 0 Å². The quantitative estimate of drug-likeness (QED) is 0.336. The third-order valence-electron chi connectivity index (χ3n) is 4.19. The average Bonchev–Trinajstić information content (AvgIpc) is 3.11. The van der Waals surface area contributed by atoms with Gasteiger partial charge in [0.25, 0.3) is 5.69 Å². The summed E-state index contributed by atoms with van der Waals surface area (Å²) in [6, 6.07) is 13.5. The molecule has 6 nitrogen and oxygen atoms in total. The zero-order chi connectivity index (χ0) is 20.3. The molecule has 1 amide bonds. The minimum absolute atomic E-state index is 0.0307. The van der Waals surface area contributed by atoms with Gasteiger partial charge in [-0.2, -0.15) is 0 Å². The van der Waals surface area contributed by atoms with Crippen molar-refractivity contribution in [3.05, 3.63) is 86.6 Å². The Hall–Kier alpha value is -3.38. The molecule has 0 atom stereocenters. The summed E-state index contributed by atoms with van der Waals surface area (Å²) >= 11 is 6.10. The number of benzene rings is 2. The number of nitro groups is 1. The number of nitrogens with one attached hydrogen (secondary N) is 1. The molecule has 1 heterocycles. The Morgan fingerprint density at radius 3 is 2.54 bits per heavy atom. The average molecular weight is 397 g/mol. The highest BCUT2D eigenvalue weighted by molar-refractivity contribution is 6.34. The van der Waals surface area contributed by atoms with Crippen molar-refractivity contribution in [1.29, 1.82) is 0 Å². The van der Waals surface area contributed by atoms with Crippen LogP contribution in [0.2, 0.25) is 5.02 Å². The molecule has 0 aliphatic rings. The molecule has 0 saturated carbocycles. The van der Waals surface area contributed by atoms with E-state index in [1.807, 2.05) is 13.0 Å². The van der Waals surface area contributed by atoms with Crippen molar-refractivity contribution >= 4 is 35.0 Å². The number of carbonyl (C=O) groups is 1. The molecule has 0 aliphatic carbocycles. The zero-order valence-electron chi connectivity index (χ0n) is 15.2. The van der Waals surface area contributed by atoms with E-state index in [1.54, 1.807) is 43.3 Å². The number of hydrogen-bond donors (Lipinski definition) is 1. The van der Waals surface area contributed by atoms with Crippen LogP contribution in [-0.4, -0.2) is 10.8 Å². The maximum Gasteiger partial charge on any atom is 0.280 e. The van der Waals surface area contributed by atoms with Crippen LogP contribution in [0.4, 0.5) is 11.4 Å². The van der Waals surface area contributed by atoms with Gasteiger partial charge in [-0.1, -0.05) is 35.9 Å². The molecule has 2 aromatic carbocycles. The molecule has 3 rings (SSSR count). The normalized spacial score (nSPS) is 11.0. The standard InChI is InChI=1S/C21H17ClN2O4/c1-13-5-4-8-17(24(26)27)20(13)18-11-9-15(28-18)10-12-19(25)23-21-14(2)6-3-7-16(21)22/h3-12H,1-2H3,(H,23,25)/b12-10+. The second kappa shape index (κ2) is 8.10. The molecule has 28 heavy (non-hydrogen) atoms. The fraction of sp³-hybridized carbons (Fsp3) is 0.0952. The van der Waals surface area contributed by atoms with E-state index in [4.69, 9.17) is 16.0 Å². The molecule has 0 radical (unpaired) electrons. The lowest BCUT2D eigenvalue weighted by molar-refractivity contribution is -0.384. The number of rotatable bonds is 5. The second-order valence-corrected chi connectivity index (χ2v) is 6.59. The lowest BCUT2D eigenvalue weighted by Crippen LogP contribution is -2.09. The van der Waals surface area contributed by atoms with E-state index in [0.717, 1.165) is 11.1 Å². The Bertz CT molecular complexity index is 1070. The Kier molecular flexibility index (Phi) is 5.61. The lowest BCUT2D eigenvalue weighted by atomic mass is 10.0. The molecule has 1 N–H and O–H groups in total. The van der Waals surface area contributed by atoms with Crippen molar-refractivity contribution in [1.82, 2.24) is 0 Å². The number of para-hydroxylation sites is 1. The Morgan fingerprint density at radius 2 is 1.82 bits per heavy atom. The van der Waals surface area contributed by atoms with Crippen molar-refractivity contribution in [3.63, 3.8) is 0 Å². The third-order valence-corrected chi connectivity index (χ3v) is 4.50. The van der Waals surface area contributed by atoms with Gasteiger partial charge in [0.05, 0.1) is 21.2 Å². The smallest absolute Gasteiger partial charge is 0.280 e. The molecule has 7 heteroatoms. The minimum Gasteiger partial charge on any atom is -0.456 e. The van der Waals surface area contributed by atoms with Gasteiger partial charge in [-0.15, -0.1) is 0 Å². The summed E-state index contributed by atoms with van der Waals surface area (Å²) < 4.78 is 5.69. The highest BCUT2D eigenvalue weighted by atomic mass is 35.5. The van der Waals surface area contributed by atoms with E-state index in [-0.39, 0.29) is 11.6 Å². The van der Waals surface area contributed by atoms with E-state index < -0.39 is 4.92 Å². The van der Waals surface area contributed by atoms with Crippen molar-refractivity contribution in [2.75, 3.05) is 5.32 Å². The van der Waals surface area contributed by atoms with Gasteiger partial charge in [0.1, 0.15) is 11.5 Å². The number of amides is 1. The summed E-state index contributed by atoms with van der Waals surface area (Å²) in [4.78, 5) is 23.0. The lowest BCUT2D eigenvalue weighted by Gasteiger charge is -2.07. The van der Waals surface area contributed by atoms with Crippen LogP contribution in [0.1, 0.15) is 16.9 Å². The van der Waals surface area contributed by atoms with Crippen LogP contribution in [0.25, 0.3) is 17.4 Å². The van der Waals surface area contributed by atoms with Gasteiger partial charge in [-0.05, 0) is 49.2 Å². The van der Waals surface area contributed by atoms with Gasteiger partial charge in [0.15, 0.2) is 0 Å². The summed E-state index contributed by atoms with van der Waals surface area (Å²) in [6.45, 7) is 3.62. The Labute approximate surface area is 166 Å². The highest BCUT2D eigenvalue weighted by Gasteiger charge is 2.19. The van der Waals surface area contributed by atoms with Gasteiger partial charge in [-0.3, -0.25) is 14.9 Å². The molecule has 142 valence electrons. The number of hydrogen-bond acceptors (Lipinski definition) is 4. The summed E-state index contributed by atoms with van der Waals surface area (Å²) in [7, 11) is 0. The first-order chi connectivity index (χ1) is 13.4. The van der Waals surface area contributed by atoms with E-state index in [0.29, 0.717) is 27.8 Å². The molecule has 3 aromatic rings. The Morgan fingerprint density at radius 1 is 1.11 bits per heavy atom. The van der Waals surface area contributed by atoms with Crippen LogP contribution in [0, 0.1) is 24.0 Å². The van der Waals surface area contributed by atoms with Crippen molar-refractivity contribution < 1.29 is 14.1 Å². The highest BCUT2D eigenvalue weighted by Crippen LogP contribution is 2.34. The Balaban J connectivity index is 1.80. The third kappa shape index (κ3) is 4.13. The molecule has 1 aromatic heterocycles. The van der Waals surface area contributed by atoms with Crippen molar-refractivity contribution in [3.8, 4) is 11.3 Å². The van der Waals surface area contributed by atoms with E-state index in [2.05, 4.69) is 5.32 Å². The molecule has 0 fully saturated rings. The summed E-state index contributed by atoms with van der Waals surface area (Å²) in [5.41, 5.74) is 2.52. The summed E-state index contributed by atoms with van der Waals surface area (Å²) in [5.74, 6) is 0.404. The maximum atomic E-state index is 12.2. The number of nitro benzene ring substituents is 1. The monoisotopic (exact) mass is 396 g/mol. The van der Waals surface area contributed by atoms with Crippen molar-refractivity contribution in [2.45, 2.75) is 13.8 Å². The van der Waals surface area contributed by atoms with Crippen LogP contribution in [0.3, 0.4) is 0 Å². The van der Waals surface area contributed by atoms with Crippen LogP contribution in [0.5, 0.6) is 0 Å². The largest absolute Gasteiger partial charge is 0.456 e. The molecule has 0 bridgehead atoms. The first kappa shape index (κ1) is 19.4. The number of furan rings is 1. The van der Waals surface area contributed by atoms with Crippen LogP contribution in [-0.2, 0) is 4.79 Å². The first-order valence-electron chi connectivity index (χ1n) is 8.45. The molecule has 0 spiro atoms. The number of aryl methyl sites for hydroxylation is 2. The van der Waals surface area contributed by atoms with Crippen LogP contribution >= 0.6 is 11.6 Å². The fourth-order valence-electron chi connectivity index (χ4n) is 2.81. The molecule has 0 aliphatic heterocycles. The topological polar surface area (TPSA) is 85.4 Å². The molecule has 0 unspecified atom stereocenters. The van der Waals surface area contributed by atoms with Gasteiger partial charge < -0.3 is 9.73 Å². The SMILES string of the molecule is Cc1cccc(Cl)c1NC(=O)/C=C/c1ccc(-c2c(C)cccc2[N+](=O)[O-])o1. The second-order valence-electron chi connectivity index (χ2n) is 6.18. The van der Waals surface area contributed by atoms with Crippen LogP contribution < -0.4 is 5.32 Å².